The summed E-state index contributed by atoms with van der Waals surface area (Å²) in [4.78, 5) is 19.3. The molecule has 0 aliphatic carbocycles. The van der Waals surface area contributed by atoms with E-state index in [0.29, 0.717) is 5.95 Å². The molecule has 2 unspecified atom stereocenters. The van der Waals surface area contributed by atoms with Crippen molar-refractivity contribution < 1.29 is 4.79 Å². The predicted molar refractivity (Wildman–Crippen MR) is 99.0 cm³/mol. The van der Waals surface area contributed by atoms with Crippen LogP contribution in [0.15, 0.2) is 24.3 Å². The van der Waals surface area contributed by atoms with Gasteiger partial charge < -0.3 is 15.2 Å². The monoisotopic (exact) mass is 331 g/mol. The fraction of sp³-hybridized carbons (Fsp3) is 0.556. The summed E-state index contributed by atoms with van der Waals surface area (Å²) >= 11 is 0. The molecule has 0 saturated carbocycles. The summed E-state index contributed by atoms with van der Waals surface area (Å²) in [7, 11) is 0. The maximum atomic E-state index is 12.4. The first kappa shape index (κ1) is 18.4. The van der Waals surface area contributed by atoms with Crippen molar-refractivity contribution >= 4 is 22.9 Å². The molecule has 2 atom stereocenters. The van der Waals surface area contributed by atoms with Crippen molar-refractivity contribution in [1.82, 2.24) is 14.5 Å². The zero-order valence-electron chi connectivity index (χ0n) is 15.1. The molecule has 6 heteroatoms. The lowest BCUT2D eigenvalue weighted by molar-refractivity contribution is -0.119. The first-order valence-electron chi connectivity index (χ1n) is 8.72. The number of rotatable bonds is 8. The van der Waals surface area contributed by atoms with Gasteiger partial charge in [0.15, 0.2) is 0 Å². The smallest absolute Gasteiger partial charge is 0.231 e. The highest BCUT2D eigenvalue weighted by molar-refractivity contribution is 5.93. The van der Waals surface area contributed by atoms with Crippen molar-refractivity contribution in [2.75, 3.05) is 25.0 Å². The van der Waals surface area contributed by atoms with Crippen molar-refractivity contribution in [3.8, 4) is 0 Å². The minimum atomic E-state index is -0.263. The summed E-state index contributed by atoms with van der Waals surface area (Å²) in [6.45, 7) is 11.7. The Morgan fingerprint density at radius 2 is 1.96 bits per heavy atom. The number of amides is 1. The Labute approximate surface area is 144 Å². The van der Waals surface area contributed by atoms with Crippen LogP contribution in [0, 0.1) is 5.92 Å². The van der Waals surface area contributed by atoms with Gasteiger partial charge in [0.2, 0.25) is 11.9 Å². The molecule has 6 nitrogen and oxygen atoms in total. The largest absolute Gasteiger partial charge is 0.327 e. The number of aromatic nitrogens is 2. The third-order valence-electron chi connectivity index (χ3n) is 4.63. The summed E-state index contributed by atoms with van der Waals surface area (Å²) in [5.74, 6) is 0.242. The number of likely N-dealkylation sites (N-methyl/N-ethyl adjacent to an activating group) is 1. The average Bonchev–Trinajstić information content (AvgIpc) is 2.92. The van der Waals surface area contributed by atoms with Crippen LogP contribution >= 0.6 is 0 Å². The van der Waals surface area contributed by atoms with Crippen LogP contribution in [0.25, 0.3) is 11.0 Å². The van der Waals surface area contributed by atoms with E-state index in [1.807, 2.05) is 38.1 Å². The van der Waals surface area contributed by atoms with Crippen LogP contribution in [-0.4, -0.2) is 46.0 Å². The molecule has 1 amide bonds. The quantitative estimate of drug-likeness (QED) is 0.778. The number of hydrogen-bond acceptors (Lipinski definition) is 4. The van der Waals surface area contributed by atoms with Gasteiger partial charge in [-0.25, -0.2) is 4.98 Å². The number of para-hydroxylation sites is 2. The number of carbonyl (C=O) groups is 1. The van der Waals surface area contributed by atoms with E-state index >= 15 is 0 Å². The fourth-order valence-electron chi connectivity index (χ4n) is 2.64. The Bertz CT molecular complexity index is 675. The van der Waals surface area contributed by atoms with E-state index < -0.39 is 0 Å². The molecule has 0 bridgehead atoms. The van der Waals surface area contributed by atoms with E-state index in [9.17, 15) is 4.79 Å². The van der Waals surface area contributed by atoms with Gasteiger partial charge in [0.1, 0.15) is 0 Å². The molecule has 0 spiro atoms. The predicted octanol–water partition coefficient (Wildman–Crippen LogP) is 2.30. The lowest BCUT2D eigenvalue weighted by atomic mass is 10.0. The summed E-state index contributed by atoms with van der Waals surface area (Å²) < 4.78 is 2.08. The molecule has 0 fully saturated rings. The van der Waals surface area contributed by atoms with Gasteiger partial charge in [0.25, 0.3) is 0 Å². The number of benzene rings is 1. The van der Waals surface area contributed by atoms with Crippen molar-refractivity contribution in [3.05, 3.63) is 24.3 Å². The van der Waals surface area contributed by atoms with Crippen LogP contribution in [0.2, 0.25) is 0 Å². The molecule has 0 radical (unpaired) electrons. The molecular formula is C18H29N5O. The number of nitrogens with two attached hydrogens (primary N) is 1. The van der Waals surface area contributed by atoms with Crippen LogP contribution in [0.1, 0.15) is 27.7 Å². The molecule has 1 aromatic heterocycles. The molecule has 1 heterocycles. The van der Waals surface area contributed by atoms with Gasteiger partial charge in [0.05, 0.1) is 17.0 Å². The normalized spacial score (nSPS) is 14.1. The topological polar surface area (TPSA) is 76.2 Å². The van der Waals surface area contributed by atoms with Crippen LogP contribution < -0.4 is 11.1 Å². The Kier molecular flexibility index (Phi) is 6.34. The minimum absolute atomic E-state index is 0.0932. The van der Waals surface area contributed by atoms with Gasteiger partial charge in [-0.3, -0.25) is 10.1 Å². The summed E-state index contributed by atoms with van der Waals surface area (Å²) in [5.41, 5.74) is 7.77. The Balaban J connectivity index is 2.27. The van der Waals surface area contributed by atoms with Crippen LogP contribution in [0.4, 0.5) is 5.95 Å². The summed E-state index contributed by atoms with van der Waals surface area (Å²) in [6.07, 6.45) is 0. The molecule has 0 saturated heterocycles. The van der Waals surface area contributed by atoms with Gasteiger partial charge in [-0.1, -0.05) is 32.9 Å². The molecule has 24 heavy (non-hydrogen) atoms. The van der Waals surface area contributed by atoms with E-state index in [-0.39, 0.29) is 17.9 Å². The first-order chi connectivity index (χ1) is 11.5. The van der Waals surface area contributed by atoms with Crippen LogP contribution in [0.5, 0.6) is 0 Å². The zero-order chi connectivity index (χ0) is 17.7. The lowest BCUT2D eigenvalue weighted by Gasteiger charge is -2.20. The number of imidazole rings is 1. The van der Waals surface area contributed by atoms with E-state index in [1.54, 1.807) is 0 Å². The number of fused-ring (bicyclic) bond motifs is 1. The molecule has 132 valence electrons. The third kappa shape index (κ3) is 4.13. The van der Waals surface area contributed by atoms with E-state index in [4.69, 9.17) is 5.73 Å². The Morgan fingerprint density at radius 3 is 2.58 bits per heavy atom. The number of hydrogen-bond donors (Lipinski definition) is 2. The van der Waals surface area contributed by atoms with Gasteiger partial charge in [-0.2, -0.15) is 0 Å². The highest BCUT2D eigenvalue weighted by Crippen LogP contribution is 2.20. The van der Waals surface area contributed by atoms with Crippen molar-refractivity contribution in [3.63, 3.8) is 0 Å². The Morgan fingerprint density at radius 1 is 1.29 bits per heavy atom. The third-order valence-corrected chi connectivity index (χ3v) is 4.63. The second-order valence-corrected chi connectivity index (χ2v) is 6.24. The highest BCUT2D eigenvalue weighted by Gasteiger charge is 2.20. The molecule has 2 rings (SSSR count). The summed E-state index contributed by atoms with van der Waals surface area (Å²) in [5, 5.41) is 2.96. The van der Waals surface area contributed by atoms with Crippen molar-refractivity contribution in [1.29, 1.82) is 0 Å². The van der Waals surface area contributed by atoms with E-state index in [1.165, 1.54) is 0 Å². The van der Waals surface area contributed by atoms with E-state index in [2.05, 4.69) is 33.6 Å². The first-order valence-corrected chi connectivity index (χ1v) is 8.72. The highest BCUT2D eigenvalue weighted by atomic mass is 16.2. The van der Waals surface area contributed by atoms with Gasteiger partial charge in [-0.05, 0) is 32.1 Å². The molecule has 0 aliphatic heterocycles. The number of nitrogens with zero attached hydrogens (tertiary/aromatic N) is 3. The second-order valence-electron chi connectivity index (χ2n) is 6.24. The zero-order valence-corrected chi connectivity index (χ0v) is 15.1. The molecular weight excluding hydrogens is 302 g/mol. The SMILES string of the molecule is CCN(CC)CCn1c(NC(=O)C(C)C(C)N)nc2ccccc21. The van der Waals surface area contributed by atoms with Crippen molar-refractivity contribution in [2.24, 2.45) is 11.7 Å². The molecule has 1 aromatic carbocycles. The maximum Gasteiger partial charge on any atom is 0.231 e. The lowest BCUT2D eigenvalue weighted by Crippen LogP contribution is -2.35. The number of anilines is 1. The second kappa shape index (κ2) is 8.26. The average molecular weight is 331 g/mol. The van der Waals surface area contributed by atoms with Gasteiger partial charge in [-0.15, -0.1) is 0 Å². The molecule has 0 aliphatic rings. The van der Waals surface area contributed by atoms with Crippen molar-refractivity contribution in [2.45, 2.75) is 40.3 Å². The molecule has 3 N–H and O–H groups in total. The van der Waals surface area contributed by atoms with Crippen LogP contribution in [-0.2, 0) is 11.3 Å². The van der Waals surface area contributed by atoms with Crippen LogP contribution in [0.3, 0.4) is 0 Å². The standard InChI is InChI=1S/C18H29N5O/c1-5-22(6-2)11-12-23-16-10-8-7-9-15(16)20-18(23)21-17(24)13(3)14(4)19/h7-10,13-14H,5-6,11-12,19H2,1-4H3,(H,20,21,24). The minimum Gasteiger partial charge on any atom is -0.327 e. The molecule has 2 aromatic rings. The maximum absolute atomic E-state index is 12.4. The summed E-state index contributed by atoms with van der Waals surface area (Å²) in [6, 6.07) is 7.76. The fourth-order valence-corrected chi connectivity index (χ4v) is 2.64. The van der Waals surface area contributed by atoms with Gasteiger partial charge >= 0.3 is 0 Å². The Hall–Kier alpha value is -1.92. The number of nitrogens with one attached hydrogen (secondary N) is 1. The van der Waals surface area contributed by atoms with Gasteiger partial charge in [0, 0.05) is 19.1 Å². The number of carbonyl (C=O) groups excluding carboxylic acids is 1. The van der Waals surface area contributed by atoms with E-state index in [0.717, 1.165) is 37.2 Å².